The van der Waals surface area contributed by atoms with Crippen LogP contribution in [0.4, 0.5) is 5.69 Å². The van der Waals surface area contributed by atoms with Gasteiger partial charge in [-0.05, 0) is 39.8 Å². The van der Waals surface area contributed by atoms with Gasteiger partial charge in [-0.2, -0.15) is 13.4 Å². The fourth-order valence-electron chi connectivity index (χ4n) is 1.95. The number of nitrogens with zero attached hydrogens (tertiary/aromatic N) is 3. The molecular weight excluding hydrogens is 318 g/mol. The summed E-state index contributed by atoms with van der Waals surface area (Å²) in [6.45, 7) is 7.30. The molecule has 2 rings (SSSR count). The van der Waals surface area contributed by atoms with Gasteiger partial charge in [0, 0.05) is 5.69 Å². The molecule has 23 heavy (non-hydrogen) atoms. The van der Waals surface area contributed by atoms with E-state index in [1.54, 1.807) is 0 Å². The van der Waals surface area contributed by atoms with Crippen molar-refractivity contribution >= 4 is 27.7 Å². The highest BCUT2D eigenvalue weighted by Crippen LogP contribution is 2.27. The summed E-state index contributed by atoms with van der Waals surface area (Å²) in [5, 5.41) is 0. The molecule has 0 atom stereocenters. The number of aryl methyl sites for hydroxylation is 1. The lowest BCUT2D eigenvalue weighted by Crippen LogP contribution is -2.54. The van der Waals surface area contributed by atoms with E-state index in [1.165, 1.54) is 12.5 Å². The minimum Gasteiger partial charge on any atom is -0.369 e. The number of hydrogen-bond donors (Lipinski definition) is 3. The van der Waals surface area contributed by atoms with Crippen molar-refractivity contribution in [2.24, 2.45) is 21.5 Å². The van der Waals surface area contributed by atoms with E-state index in [0.717, 1.165) is 5.69 Å². The topological polar surface area (TPSA) is 134 Å². The Labute approximate surface area is 136 Å². The number of benzene rings is 1. The molecule has 0 aliphatic carbocycles. The van der Waals surface area contributed by atoms with Gasteiger partial charge in [-0.15, -0.1) is 0 Å². The third kappa shape index (κ3) is 5.53. The summed E-state index contributed by atoms with van der Waals surface area (Å²) in [6, 6.07) is 8.05. The smallest absolute Gasteiger partial charge is 0.264 e. The molecule has 1 aliphatic heterocycles. The van der Waals surface area contributed by atoms with Crippen LogP contribution in [0.15, 0.2) is 34.3 Å². The molecule has 1 heterocycles. The molecule has 0 saturated heterocycles. The average molecular weight is 341 g/mol. The predicted molar refractivity (Wildman–Crippen MR) is 93.1 cm³/mol. The van der Waals surface area contributed by atoms with E-state index in [2.05, 4.69) is 9.98 Å². The molecule has 0 saturated carbocycles. The zero-order valence-corrected chi connectivity index (χ0v) is 14.5. The quantitative estimate of drug-likeness (QED) is 0.689. The first-order valence-corrected chi connectivity index (χ1v) is 8.58. The van der Waals surface area contributed by atoms with Gasteiger partial charge in [0.15, 0.2) is 0 Å². The summed E-state index contributed by atoms with van der Waals surface area (Å²) in [5.41, 5.74) is 13.2. The Hall–Kier alpha value is -2.13. The monoisotopic (exact) mass is 341 g/mol. The standard InChI is InChI=1S/C12H17N5.C2H6O3S/c1-8-4-6-9(7-5-8)17-11(14)15-10(13)16-12(17,2)3;1-2-6(3,4)5/h4-7H,1-3H3,(H4,13,14,15,16);2H2,1H3,(H,3,4,5). The van der Waals surface area contributed by atoms with Crippen LogP contribution in [-0.2, 0) is 10.1 Å². The molecule has 1 aromatic rings. The third-order valence-electron chi connectivity index (χ3n) is 3.05. The van der Waals surface area contributed by atoms with Crippen molar-refractivity contribution in [2.45, 2.75) is 33.4 Å². The minimum atomic E-state index is -3.66. The van der Waals surface area contributed by atoms with Gasteiger partial charge >= 0.3 is 0 Å². The number of anilines is 1. The van der Waals surface area contributed by atoms with Crippen LogP contribution in [0.1, 0.15) is 26.3 Å². The molecule has 5 N–H and O–H groups in total. The molecule has 1 aromatic carbocycles. The number of rotatable bonds is 2. The van der Waals surface area contributed by atoms with Crippen molar-refractivity contribution in [3.63, 3.8) is 0 Å². The Kier molecular flexibility index (Phi) is 5.73. The highest BCUT2D eigenvalue weighted by molar-refractivity contribution is 7.85. The summed E-state index contributed by atoms with van der Waals surface area (Å²) in [6.07, 6.45) is 0. The molecule has 0 aromatic heterocycles. The van der Waals surface area contributed by atoms with Gasteiger partial charge in [-0.3, -0.25) is 9.45 Å². The van der Waals surface area contributed by atoms with Gasteiger partial charge in [-0.25, -0.2) is 4.99 Å². The van der Waals surface area contributed by atoms with Crippen molar-refractivity contribution < 1.29 is 13.0 Å². The Bertz CT molecular complexity index is 708. The molecule has 9 heteroatoms. The summed E-state index contributed by atoms with van der Waals surface area (Å²) in [7, 11) is -3.66. The Balaban J connectivity index is 0.000000379. The van der Waals surface area contributed by atoms with Crippen LogP contribution in [0.5, 0.6) is 0 Å². The van der Waals surface area contributed by atoms with Crippen LogP contribution in [-0.4, -0.2) is 36.3 Å². The molecule has 1 aliphatic rings. The molecule has 128 valence electrons. The van der Waals surface area contributed by atoms with Crippen molar-refractivity contribution in [1.29, 1.82) is 0 Å². The molecule has 0 amide bonds. The third-order valence-corrected chi connectivity index (χ3v) is 3.78. The summed E-state index contributed by atoms with van der Waals surface area (Å²) < 4.78 is 26.9. The largest absolute Gasteiger partial charge is 0.369 e. The lowest BCUT2D eigenvalue weighted by molar-refractivity contribution is 0.484. The molecule has 0 unspecified atom stereocenters. The zero-order valence-electron chi connectivity index (χ0n) is 13.7. The van der Waals surface area contributed by atoms with Crippen molar-refractivity contribution in [3.8, 4) is 0 Å². The molecular formula is C14H23N5O3S. The van der Waals surface area contributed by atoms with E-state index in [4.69, 9.17) is 16.0 Å². The molecule has 0 radical (unpaired) electrons. The van der Waals surface area contributed by atoms with E-state index in [0.29, 0.717) is 5.96 Å². The van der Waals surface area contributed by atoms with Gasteiger partial charge in [0.2, 0.25) is 11.9 Å². The Morgan fingerprint density at radius 3 is 2.09 bits per heavy atom. The van der Waals surface area contributed by atoms with Crippen molar-refractivity contribution in [2.75, 3.05) is 10.7 Å². The second kappa shape index (κ2) is 6.97. The number of nitrogens with two attached hydrogens (primary N) is 2. The van der Waals surface area contributed by atoms with Crippen LogP contribution in [0.2, 0.25) is 0 Å². The minimum absolute atomic E-state index is 0.201. The first-order chi connectivity index (χ1) is 10.5. The Morgan fingerprint density at radius 2 is 1.70 bits per heavy atom. The molecule has 0 fully saturated rings. The maximum atomic E-state index is 9.56. The fourth-order valence-corrected chi connectivity index (χ4v) is 1.95. The SMILES string of the molecule is CCS(=O)(=O)O.Cc1ccc(N2C(N)=NC(N)=NC2(C)C)cc1. The first kappa shape index (κ1) is 18.9. The van der Waals surface area contributed by atoms with Crippen molar-refractivity contribution in [3.05, 3.63) is 29.8 Å². The number of aliphatic imine (C=N–C) groups is 2. The number of hydrogen-bond acceptors (Lipinski definition) is 7. The Morgan fingerprint density at radius 1 is 1.22 bits per heavy atom. The van der Waals surface area contributed by atoms with Gasteiger partial charge < -0.3 is 11.5 Å². The highest BCUT2D eigenvalue weighted by Gasteiger charge is 2.32. The summed E-state index contributed by atoms with van der Waals surface area (Å²) in [4.78, 5) is 10.2. The van der Waals surface area contributed by atoms with E-state index < -0.39 is 15.8 Å². The van der Waals surface area contributed by atoms with Crippen LogP contribution in [0, 0.1) is 6.92 Å². The maximum absolute atomic E-state index is 9.56. The molecule has 8 nitrogen and oxygen atoms in total. The van der Waals surface area contributed by atoms with Crippen molar-refractivity contribution in [1.82, 2.24) is 0 Å². The maximum Gasteiger partial charge on any atom is 0.264 e. The van der Waals surface area contributed by atoms with E-state index >= 15 is 0 Å². The molecule has 0 bridgehead atoms. The lowest BCUT2D eigenvalue weighted by atomic mass is 10.1. The normalized spacial score (nSPS) is 16.8. The lowest BCUT2D eigenvalue weighted by Gasteiger charge is -2.38. The highest BCUT2D eigenvalue weighted by atomic mass is 32.2. The summed E-state index contributed by atoms with van der Waals surface area (Å²) in [5.74, 6) is 0.384. The fraction of sp³-hybridized carbons (Fsp3) is 0.429. The first-order valence-electron chi connectivity index (χ1n) is 6.98. The van der Waals surface area contributed by atoms with Crippen LogP contribution in [0.3, 0.4) is 0 Å². The van der Waals surface area contributed by atoms with Gasteiger partial charge in [0.05, 0.1) is 5.75 Å². The van der Waals surface area contributed by atoms with Crippen LogP contribution in [0.25, 0.3) is 0 Å². The second-order valence-corrected chi connectivity index (χ2v) is 7.22. The van der Waals surface area contributed by atoms with Gasteiger partial charge in [0.25, 0.3) is 10.1 Å². The van der Waals surface area contributed by atoms with E-state index in [9.17, 15) is 8.42 Å². The van der Waals surface area contributed by atoms with Gasteiger partial charge in [-0.1, -0.05) is 17.7 Å². The van der Waals surface area contributed by atoms with E-state index in [-0.39, 0.29) is 11.7 Å². The van der Waals surface area contributed by atoms with Crippen LogP contribution < -0.4 is 16.4 Å². The molecule has 0 spiro atoms. The second-order valence-electron chi connectivity index (χ2n) is 5.48. The zero-order chi connectivity index (χ0) is 17.8. The van der Waals surface area contributed by atoms with Gasteiger partial charge in [0.1, 0.15) is 5.66 Å². The predicted octanol–water partition coefficient (Wildman–Crippen LogP) is 1.07. The van der Waals surface area contributed by atoms with Crippen LogP contribution >= 0.6 is 0 Å². The number of guanidine groups is 2. The average Bonchev–Trinajstić information content (AvgIpc) is 2.39. The summed E-state index contributed by atoms with van der Waals surface area (Å²) >= 11 is 0. The van der Waals surface area contributed by atoms with E-state index in [1.807, 2.05) is 49.9 Å².